The third-order valence-electron chi connectivity index (χ3n) is 3.35. The zero-order valence-electron chi connectivity index (χ0n) is 13.6. The van der Waals surface area contributed by atoms with Gasteiger partial charge in [-0.1, -0.05) is 12.1 Å². The normalized spacial score (nSPS) is 10.3. The number of para-hydroxylation sites is 2. The number of carbonyl (C=O) groups excluding carboxylic acids is 1. The molecule has 0 aliphatic heterocycles. The van der Waals surface area contributed by atoms with Gasteiger partial charge in [-0.15, -0.1) is 11.3 Å². The standard InChI is InChI=1S/C18H17N3O3S/c1-23-15-6-2-3-7-16(15)24-11-17(22)20-10-14-12-25-18(21-14)13-5-4-8-19-9-13/h2-9,12H,10-11H2,1H3,(H,20,22). The molecule has 0 aliphatic rings. The predicted octanol–water partition coefficient (Wildman–Crippen LogP) is 2.91. The molecule has 0 spiro atoms. The van der Waals surface area contributed by atoms with Crippen LogP contribution in [-0.2, 0) is 11.3 Å². The number of benzene rings is 1. The van der Waals surface area contributed by atoms with Crippen molar-refractivity contribution in [3.8, 4) is 22.1 Å². The second-order valence-corrected chi connectivity index (χ2v) is 5.96. The number of thiazole rings is 1. The Morgan fingerprint density at radius 3 is 2.80 bits per heavy atom. The van der Waals surface area contributed by atoms with E-state index in [4.69, 9.17) is 9.47 Å². The molecule has 128 valence electrons. The number of rotatable bonds is 7. The Bertz CT molecular complexity index is 836. The van der Waals surface area contributed by atoms with Gasteiger partial charge in [-0.25, -0.2) is 4.98 Å². The number of aromatic nitrogens is 2. The van der Waals surface area contributed by atoms with Crippen LogP contribution in [-0.4, -0.2) is 29.6 Å². The number of hydrogen-bond acceptors (Lipinski definition) is 6. The maximum Gasteiger partial charge on any atom is 0.258 e. The van der Waals surface area contributed by atoms with Gasteiger partial charge in [0.05, 0.1) is 19.3 Å². The van der Waals surface area contributed by atoms with Crippen molar-refractivity contribution in [2.24, 2.45) is 0 Å². The average molecular weight is 355 g/mol. The van der Waals surface area contributed by atoms with Crippen molar-refractivity contribution in [2.45, 2.75) is 6.54 Å². The number of nitrogens with one attached hydrogen (secondary N) is 1. The van der Waals surface area contributed by atoms with Gasteiger partial charge in [0.25, 0.3) is 5.91 Å². The highest BCUT2D eigenvalue weighted by molar-refractivity contribution is 7.13. The largest absolute Gasteiger partial charge is 0.493 e. The van der Waals surface area contributed by atoms with Gasteiger partial charge in [0.15, 0.2) is 18.1 Å². The van der Waals surface area contributed by atoms with Crippen LogP contribution in [0.2, 0.25) is 0 Å². The van der Waals surface area contributed by atoms with E-state index in [9.17, 15) is 4.79 Å². The average Bonchev–Trinajstić information content (AvgIpc) is 3.14. The van der Waals surface area contributed by atoms with E-state index in [1.807, 2.05) is 29.6 Å². The zero-order chi connectivity index (χ0) is 17.5. The van der Waals surface area contributed by atoms with Crippen LogP contribution in [0.3, 0.4) is 0 Å². The number of ether oxygens (including phenoxy) is 2. The van der Waals surface area contributed by atoms with E-state index in [1.165, 1.54) is 11.3 Å². The summed E-state index contributed by atoms with van der Waals surface area (Å²) in [5.74, 6) is 0.908. The molecule has 3 aromatic rings. The molecule has 2 heterocycles. The lowest BCUT2D eigenvalue weighted by molar-refractivity contribution is -0.123. The van der Waals surface area contributed by atoms with Crippen molar-refractivity contribution in [1.29, 1.82) is 0 Å². The molecule has 0 radical (unpaired) electrons. The molecule has 6 nitrogen and oxygen atoms in total. The highest BCUT2D eigenvalue weighted by Crippen LogP contribution is 2.25. The summed E-state index contributed by atoms with van der Waals surface area (Å²) in [6.07, 6.45) is 3.49. The summed E-state index contributed by atoms with van der Waals surface area (Å²) in [4.78, 5) is 20.5. The molecule has 0 fully saturated rings. The Labute approximate surface area is 149 Å². The van der Waals surface area contributed by atoms with E-state index in [0.717, 1.165) is 16.3 Å². The van der Waals surface area contributed by atoms with Crippen molar-refractivity contribution in [1.82, 2.24) is 15.3 Å². The lowest BCUT2D eigenvalue weighted by atomic mass is 10.3. The Morgan fingerprint density at radius 1 is 1.20 bits per heavy atom. The number of nitrogens with zero attached hydrogens (tertiary/aromatic N) is 2. The molecule has 0 unspecified atom stereocenters. The number of amides is 1. The number of carbonyl (C=O) groups is 1. The maximum atomic E-state index is 12.0. The van der Waals surface area contributed by atoms with Gasteiger partial charge in [0.1, 0.15) is 5.01 Å². The quantitative estimate of drug-likeness (QED) is 0.705. The van der Waals surface area contributed by atoms with Crippen molar-refractivity contribution >= 4 is 17.2 Å². The Balaban J connectivity index is 1.50. The van der Waals surface area contributed by atoms with Gasteiger partial charge in [0.2, 0.25) is 0 Å². The highest BCUT2D eigenvalue weighted by atomic mass is 32.1. The summed E-state index contributed by atoms with van der Waals surface area (Å²) in [7, 11) is 1.56. The predicted molar refractivity (Wildman–Crippen MR) is 95.7 cm³/mol. The minimum atomic E-state index is -0.221. The van der Waals surface area contributed by atoms with Crippen LogP contribution in [0, 0.1) is 0 Å². The summed E-state index contributed by atoms with van der Waals surface area (Å²) < 4.78 is 10.7. The second-order valence-electron chi connectivity index (χ2n) is 5.10. The second kappa shape index (κ2) is 8.25. The van der Waals surface area contributed by atoms with Crippen LogP contribution < -0.4 is 14.8 Å². The Morgan fingerprint density at radius 2 is 2.04 bits per heavy atom. The fourth-order valence-electron chi connectivity index (χ4n) is 2.13. The van der Waals surface area contributed by atoms with E-state index < -0.39 is 0 Å². The first kappa shape index (κ1) is 16.9. The van der Waals surface area contributed by atoms with E-state index >= 15 is 0 Å². The SMILES string of the molecule is COc1ccccc1OCC(=O)NCc1csc(-c2cccnc2)n1. The van der Waals surface area contributed by atoms with Crippen LogP contribution >= 0.6 is 11.3 Å². The summed E-state index contributed by atoms with van der Waals surface area (Å²) in [6, 6.07) is 11.0. The molecule has 0 saturated carbocycles. The first-order chi connectivity index (χ1) is 12.3. The van der Waals surface area contributed by atoms with Crippen LogP contribution in [0.1, 0.15) is 5.69 Å². The van der Waals surface area contributed by atoms with Crippen LogP contribution in [0.5, 0.6) is 11.5 Å². The number of hydrogen-bond donors (Lipinski definition) is 1. The third-order valence-corrected chi connectivity index (χ3v) is 4.29. The number of methoxy groups -OCH3 is 1. The molecule has 3 rings (SSSR count). The first-order valence-corrected chi connectivity index (χ1v) is 8.51. The summed E-state index contributed by atoms with van der Waals surface area (Å²) in [5.41, 5.74) is 1.76. The molecule has 0 saturated heterocycles. The monoisotopic (exact) mass is 355 g/mol. The molecule has 25 heavy (non-hydrogen) atoms. The van der Waals surface area contributed by atoms with E-state index in [2.05, 4.69) is 15.3 Å². The van der Waals surface area contributed by atoms with Crippen LogP contribution in [0.25, 0.3) is 10.6 Å². The van der Waals surface area contributed by atoms with Crippen molar-refractivity contribution < 1.29 is 14.3 Å². The van der Waals surface area contributed by atoms with E-state index in [1.54, 1.807) is 31.6 Å². The zero-order valence-corrected chi connectivity index (χ0v) is 14.5. The topological polar surface area (TPSA) is 73.3 Å². The molecule has 0 aliphatic carbocycles. The number of pyridine rings is 1. The van der Waals surface area contributed by atoms with Crippen molar-refractivity contribution in [3.63, 3.8) is 0 Å². The Kier molecular flexibility index (Phi) is 5.58. The summed E-state index contributed by atoms with van der Waals surface area (Å²) in [5, 5.41) is 5.59. The van der Waals surface area contributed by atoms with E-state index in [-0.39, 0.29) is 12.5 Å². The van der Waals surface area contributed by atoms with Crippen molar-refractivity contribution in [2.75, 3.05) is 13.7 Å². The Hall–Kier alpha value is -2.93. The van der Waals surface area contributed by atoms with Crippen molar-refractivity contribution in [3.05, 3.63) is 59.9 Å². The molecule has 1 amide bonds. The minimum Gasteiger partial charge on any atom is -0.493 e. The van der Waals surface area contributed by atoms with Gasteiger partial charge in [0, 0.05) is 23.3 Å². The van der Waals surface area contributed by atoms with Gasteiger partial charge in [-0.3, -0.25) is 9.78 Å². The summed E-state index contributed by atoms with van der Waals surface area (Å²) in [6.45, 7) is 0.269. The fourth-order valence-corrected chi connectivity index (χ4v) is 2.94. The highest BCUT2D eigenvalue weighted by Gasteiger charge is 2.09. The third kappa shape index (κ3) is 4.54. The first-order valence-electron chi connectivity index (χ1n) is 7.63. The summed E-state index contributed by atoms with van der Waals surface area (Å²) >= 11 is 1.52. The molecule has 0 atom stereocenters. The van der Waals surface area contributed by atoms with Gasteiger partial charge < -0.3 is 14.8 Å². The van der Waals surface area contributed by atoms with Gasteiger partial charge in [-0.2, -0.15) is 0 Å². The molecule has 1 N–H and O–H groups in total. The smallest absolute Gasteiger partial charge is 0.258 e. The van der Waals surface area contributed by atoms with Crippen LogP contribution in [0.15, 0.2) is 54.2 Å². The fraction of sp³-hybridized carbons (Fsp3) is 0.167. The van der Waals surface area contributed by atoms with E-state index in [0.29, 0.717) is 18.0 Å². The molecular formula is C18H17N3O3S. The molecule has 2 aromatic heterocycles. The molecule has 1 aromatic carbocycles. The minimum absolute atomic E-state index is 0.0834. The molecular weight excluding hydrogens is 338 g/mol. The molecule has 7 heteroatoms. The maximum absolute atomic E-state index is 12.0. The lowest BCUT2D eigenvalue weighted by Crippen LogP contribution is -2.28. The lowest BCUT2D eigenvalue weighted by Gasteiger charge is -2.10. The van der Waals surface area contributed by atoms with Gasteiger partial charge >= 0.3 is 0 Å². The van der Waals surface area contributed by atoms with Gasteiger partial charge in [-0.05, 0) is 24.3 Å². The molecule has 0 bridgehead atoms. The van der Waals surface area contributed by atoms with Crippen LogP contribution in [0.4, 0.5) is 0 Å².